The number of likely N-dealkylation sites (N-methyl/N-ethyl adjacent to an activating group) is 1. The molecule has 1 heterocycles. The van der Waals surface area contributed by atoms with E-state index in [2.05, 4.69) is 29.4 Å². The fourth-order valence-corrected chi connectivity index (χ4v) is 1.85. The Bertz CT molecular complexity index is 117. The van der Waals surface area contributed by atoms with E-state index in [0.29, 0.717) is 12.1 Å². The Morgan fingerprint density at radius 2 is 1.92 bits per heavy atom. The molecule has 0 radical (unpaired) electrons. The smallest absolute Gasteiger partial charge is 0.0196 e. The lowest BCUT2D eigenvalue weighted by Gasteiger charge is -2.39. The standard InChI is InChI=1S/C9H21N3/c1-8-6-11-7-9(2)12(8)5-4-10-3/h8-11H,4-7H2,1-3H3. The molecule has 72 valence electrons. The first-order valence-corrected chi connectivity index (χ1v) is 4.86. The van der Waals surface area contributed by atoms with Crippen molar-refractivity contribution in [1.82, 2.24) is 15.5 Å². The average Bonchev–Trinajstić information content (AvgIpc) is 2.04. The van der Waals surface area contributed by atoms with Gasteiger partial charge in [0.1, 0.15) is 0 Å². The summed E-state index contributed by atoms with van der Waals surface area (Å²) in [5.74, 6) is 0. The van der Waals surface area contributed by atoms with Crippen molar-refractivity contribution in [2.75, 3.05) is 33.2 Å². The molecule has 0 amide bonds. The molecule has 3 nitrogen and oxygen atoms in total. The highest BCUT2D eigenvalue weighted by atomic mass is 15.2. The topological polar surface area (TPSA) is 27.3 Å². The largest absolute Gasteiger partial charge is 0.318 e. The number of hydrogen-bond acceptors (Lipinski definition) is 3. The third-order valence-corrected chi connectivity index (χ3v) is 2.63. The van der Waals surface area contributed by atoms with Crippen molar-refractivity contribution in [3.05, 3.63) is 0 Å². The van der Waals surface area contributed by atoms with Crippen molar-refractivity contribution < 1.29 is 0 Å². The van der Waals surface area contributed by atoms with Gasteiger partial charge in [-0.05, 0) is 20.9 Å². The third-order valence-electron chi connectivity index (χ3n) is 2.63. The van der Waals surface area contributed by atoms with Gasteiger partial charge in [-0.1, -0.05) is 0 Å². The monoisotopic (exact) mass is 171 g/mol. The number of nitrogens with zero attached hydrogens (tertiary/aromatic N) is 1. The van der Waals surface area contributed by atoms with Gasteiger partial charge >= 0.3 is 0 Å². The summed E-state index contributed by atoms with van der Waals surface area (Å²) in [4.78, 5) is 2.56. The molecule has 0 aromatic rings. The van der Waals surface area contributed by atoms with Gasteiger partial charge in [0.2, 0.25) is 0 Å². The fraction of sp³-hybridized carbons (Fsp3) is 1.00. The van der Waals surface area contributed by atoms with Crippen molar-refractivity contribution in [1.29, 1.82) is 0 Å². The zero-order valence-corrected chi connectivity index (χ0v) is 8.43. The van der Waals surface area contributed by atoms with Crippen LogP contribution in [0.3, 0.4) is 0 Å². The van der Waals surface area contributed by atoms with Gasteiger partial charge in [0, 0.05) is 38.3 Å². The quantitative estimate of drug-likeness (QED) is 0.620. The van der Waals surface area contributed by atoms with Crippen LogP contribution in [-0.2, 0) is 0 Å². The zero-order valence-electron chi connectivity index (χ0n) is 8.43. The second-order valence-corrected chi connectivity index (χ2v) is 3.70. The van der Waals surface area contributed by atoms with Crippen LogP contribution in [0.1, 0.15) is 13.8 Å². The number of rotatable bonds is 3. The fourth-order valence-electron chi connectivity index (χ4n) is 1.85. The van der Waals surface area contributed by atoms with Gasteiger partial charge in [-0.3, -0.25) is 4.90 Å². The van der Waals surface area contributed by atoms with Crippen molar-refractivity contribution in [3.63, 3.8) is 0 Å². The molecule has 1 aliphatic rings. The highest BCUT2D eigenvalue weighted by Crippen LogP contribution is 2.07. The van der Waals surface area contributed by atoms with Crippen molar-refractivity contribution >= 4 is 0 Å². The molecule has 0 aromatic carbocycles. The van der Waals surface area contributed by atoms with Crippen LogP contribution >= 0.6 is 0 Å². The molecular formula is C9H21N3. The van der Waals surface area contributed by atoms with Crippen LogP contribution < -0.4 is 10.6 Å². The number of piperazine rings is 1. The molecule has 12 heavy (non-hydrogen) atoms. The Labute approximate surface area is 75.5 Å². The summed E-state index contributed by atoms with van der Waals surface area (Å²) in [7, 11) is 2.01. The van der Waals surface area contributed by atoms with Crippen LogP contribution in [-0.4, -0.2) is 50.2 Å². The minimum Gasteiger partial charge on any atom is -0.318 e. The molecule has 0 spiro atoms. The van der Waals surface area contributed by atoms with Crippen LogP contribution in [0.5, 0.6) is 0 Å². The first kappa shape index (κ1) is 9.96. The third kappa shape index (κ3) is 2.44. The molecule has 1 saturated heterocycles. The van der Waals surface area contributed by atoms with Gasteiger partial charge < -0.3 is 10.6 Å². The Balaban J connectivity index is 2.34. The molecule has 1 rings (SSSR count). The molecule has 2 unspecified atom stereocenters. The molecule has 0 bridgehead atoms. The summed E-state index contributed by atoms with van der Waals surface area (Å²) in [6.07, 6.45) is 0. The second kappa shape index (κ2) is 4.80. The molecule has 3 heteroatoms. The maximum absolute atomic E-state index is 3.43. The normalized spacial score (nSPS) is 32.2. The van der Waals surface area contributed by atoms with Crippen LogP contribution in [0.25, 0.3) is 0 Å². The Morgan fingerprint density at radius 3 is 2.42 bits per heavy atom. The van der Waals surface area contributed by atoms with Crippen LogP contribution in [0, 0.1) is 0 Å². The second-order valence-electron chi connectivity index (χ2n) is 3.70. The first-order valence-electron chi connectivity index (χ1n) is 4.86. The lowest BCUT2D eigenvalue weighted by atomic mass is 10.1. The van der Waals surface area contributed by atoms with E-state index in [1.807, 2.05) is 7.05 Å². The number of nitrogens with one attached hydrogen (secondary N) is 2. The van der Waals surface area contributed by atoms with E-state index in [4.69, 9.17) is 0 Å². The van der Waals surface area contributed by atoms with Crippen LogP contribution in [0.2, 0.25) is 0 Å². The predicted octanol–water partition coefficient (Wildman–Crippen LogP) is -0.112. The molecule has 0 aromatic heterocycles. The van der Waals surface area contributed by atoms with Gasteiger partial charge in [-0.25, -0.2) is 0 Å². The van der Waals surface area contributed by atoms with Crippen LogP contribution in [0.15, 0.2) is 0 Å². The molecule has 1 aliphatic heterocycles. The summed E-state index contributed by atoms with van der Waals surface area (Å²) in [5.41, 5.74) is 0. The molecule has 2 atom stereocenters. The van der Waals surface area contributed by atoms with Gasteiger partial charge in [-0.2, -0.15) is 0 Å². The first-order chi connectivity index (χ1) is 5.75. The van der Waals surface area contributed by atoms with E-state index >= 15 is 0 Å². The maximum atomic E-state index is 3.43. The Morgan fingerprint density at radius 1 is 1.33 bits per heavy atom. The Hall–Kier alpha value is -0.120. The van der Waals surface area contributed by atoms with Crippen molar-refractivity contribution in [2.45, 2.75) is 25.9 Å². The van der Waals surface area contributed by atoms with E-state index in [1.54, 1.807) is 0 Å². The van der Waals surface area contributed by atoms with Gasteiger partial charge in [0.25, 0.3) is 0 Å². The summed E-state index contributed by atoms with van der Waals surface area (Å²) < 4.78 is 0. The summed E-state index contributed by atoms with van der Waals surface area (Å²) in [6, 6.07) is 1.36. The Kier molecular flexibility index (Phi) is 3.98. The van der Waals surface area contributed by atoms with Crippen molar-refractivity contribution in [3.8, 4) is 0 Å². The van der Waals surface area contributed by atoms with Crippen LogP contribution in [0.4, 0.5) is 0 Å². The number of hydrogen-bond donors (Lipinski definition) is 2. The van der Waals surface area contributed by atoms with Gasteiger partial charge in [0.05, 0.1) is 0 Å². The molecule has 1 fully saturated rings. The minimum atomic E-state index is 0.682. The average molecular weight is 171 g/mol. The lowest BCUT2D eigenvalue weighted by Crippen LogP contribution is -2.56. The minimum absolute atomic E-state index is 0.682. The lowest BCUT2D eigenvalue weighted by molar-refractivity contribution is 0.119. The van der Waals surface area contributed by atoms with E-state index < -0.39 is 0 Å². The maximum Gasteiger partial charge on any atom is 0.0196 e. The van der Waals surface area contributed by atoms with E-state index in [9.17, 15) is 0 Å². The summed E-state index contributed by atoms with van der Waals surface area (Å²) in [5, 5.41) is 6.62. The summed E-state index contributed by atoms with van der Waals surface area (Å²) >= 11 is 0. The molecule has 0 saturated carbocycles. The zero-order chi connectivity index (χ0) is 8.97. The highest BCUT2D eigenvalue weighted by Gasteiger charge is 2.22. The summed E-state index contributed by atoms with van der Waals surface area (Å²) in [6.45, 7) is 9.11. The van der Waals surface area contributed by atoms with Crippen molar-refractivity contribution in [2.24, 2.45) is 0 Å². The highest BCUT2D eigenvalue weighted by molar-refractivity contribution is 4.82. The van der Waals surface area contributed by atoms with E-state index in [0.717, 1.165) is 19.6 Å². The molecule has 0 aliphatic carbocycles. The molecular weight excluding hydrogens is 150 g/mol. The van der Waals surface area contributed by atoms with E-state index in [1.165, 1.54) is 6.54 Å². The van der Waals surface area contributed by atoms with E-state index in [-0.39, 0.29) is 0 Å². The molecule has 2 N–H and O–H groups in total. The predicted molar refractivity (Wildman–Crippen MR) is 52.4 cm³/mol. The SMILES string of the molecule is CNCCN1C(C)CNCC1C. The van der Waals surface area contributed by atoms with Gasteiger partial charge in [0.15, 0.2) is 0 Å². The van der Waals surface area contributed by atoms with Gasteiger partial charge in [-0.15, -0.1) is 0 Å².